The summed E-state index contributed by atoms with van der Waals surface area (Å²) >= 11 is 0. The normalized spacial score (nSPS) is 29.2. The number of hydrogen-bond donors (Lipinski definition) is 0. The quantitative estimate of drug-likeness (QED) is 0.391. The van der Waals surface area contributed by atoms with Crippen molar-refractivity contribution in [2.24, 2.45) is 0 Å². The molecule has 0 radical (unpaired) electrons. The predicted molar refractivity (Wildman–Crippen MR) is 165 cm³/mol. The van der Waals surface area contributed by atoms with Crippen molar-refractivity contribution in [2.75, 3.05) is 0 Å². The summed E-state index contributed by atoms with van der Waals surface area (Å²) in [6.45, 7) is 23.8. The molecule has 2 fully saturated rings. The van der Waals surface area contributed by atoms with Crippen LogP contribution in [0.15, 0.2) is 54.1 Å². The molecule has 4 aliphatic rings. The third-order valence-corrected chi connectivity index (χ3v) is 10.7. The molecule has 2 aromatic rings. The van der Waals surface area contributed by atoms with Gasteiger partial charge in [0, 0.05) is 11.2 Å². The van der Waals surface area contributed by atoms with Gasteiger partial charge in [0.1, 0.15) is 0 Å². The van der Waals surface area contributed by atoms with E-state index in [1.807, 2.05) is 0 Å². The first-order valence-electron chi connectivity index (χ1n) is 14.8. The van der Waals surface area contributed by atoms with Gasteiger partial charge in [-0.15, -0.1) is 0 Å². The summed E-state index contributed by atoms with van der Waals surface area (Å²) in [5, 5.41) is 0. The van der Waals surface area contributed by atoms with E-state index in [0.29, 0.717) is 0 Å². The van der Waals surface area contributed by atoms with Crippen LogP contribution >= 0.6 is 0 Å². The highest BCUT2D eigenvalue weighted by Gasteiger charge is 2.56. The molecule has 0 saturated carbocycles. The summed E-state index contributed by atoms with van der Waals surface area (Å²) in [5.74, 6) is 0.141. The maximum Gasteiger partial charge on any atom is 0.494 e. The van der Waals surface area contributed by atoms with Gasteiger partial charge in [-0.25, -0.2) is 0 Å². The van der Waals surface area contributed by atoms with Crippen LogP contribution in [0.4, 0.5) is 0 Å². The van der Waals surface area contributed by atoms with Crippen molar-refractivity contribution in [3.8, 4) is 0 Å². The number of rotatable bonds is 3. The Morgan fingerprint density at radius 1 is 0.700 bits per heavy atom. The number of benzene rings is 2. The minimum atomic E-state index is -0.399. The van der Waals surface area contributed by atoms with Gasteiger partial charge in [0.25, 0.3) is 0 Å². The van der Waals surface area contributed by atoms with E-state index in [2.05, 4.69) is 125 Å². The van der Waals surface area contributed by atoms with Crippen molar-refractivity contribution in [1.29, 1.82) is 0 Å². The lowest BCUT2D eigenvalue weighted by atomic mass is 9.61. The Morgan fingerprint density at radius 3 is 1.82 bits per heavy atom. The predicted octanol–water partition coefficient (Wildman–Crippen LogP) is 7.10. The maximum atomic E-state index is 6.54. The molecule has 2 aliphatic heterocycles. The van der Waals surface area contributed by atoms with E-state index in [-0.39, 0.29) is 40.8 Å². The fourth-order valence-electron chi connectivity index (χ4n) is 6.80. The van der Waals surface area contributed by atoms with Gasteiger partial charge in [-0.05, 0) is 116 Å². The largest absolute Gasteiger partial charge is 0.494 e. The van der Waals surface area contributed by atoms with E-state index in [4.69, 9.17) is 18.6 Å². The molecule has 0 N–H and O–H groups in total. The molecule has 0 amide bonds. The van der Waals surface area contributed by atoms with Crippen LogP contribution < -0.4 is 5.46 Å². The maximum absolute atomic E-state index is 6.54. The number of fused-ring (bicyclic) bond motifs is 2. The Balaban J connectivity index is 1.44. The summed E-state index contributed by atoms with van der Waals surface area (Å²) in [4.78, 5) is 0. The monoisotopic (exact) mass is 538 g/mol. The number of hydrogen-bond acceptors (Lipinski definition) is 4. The molecule has 2 atom stereocenters. The first-order chi connectivity index (χ1) is 18.5. The Labute approximate surface area is 241 Å². The van der Waals surface area contributed by atoms with Crippen molar-refractivity contribution < 1.29 is 18.6 Å². The zero-order valence-electron chi connectivity index (χ0n) is 26.2. The topological polar surface area (TPSA) is 36.9 Å². The third-order valence-electron chi connectivity index (χ3n) is 10.7. The van der Waals surface area contributed by atoms with Crippen molar-refractivity contribution in [3.05, 3.63) is 81.9 Å². The molecule has 6 rings (SSSR count). The minimum Gasteiger partial charge on any atom is -0.403 e. The lowest BCUT2D eigenvalue weighted by Gasteiger charge is -2.34. The molecule has 0 bridgehead atoms. The molecule has 40 heavy (non-hydrogen) atoms. The second-order valence-electron chi connectivity index (χ2n) is 14.6. The van der Waals surface area contributed by atoms with E-state index in [1.165, 1.54) is 39.0 Å². The van der Waals surface area contributed by atoms with Crippen molar-refractivity contribution in [2.45, 2.75) is 116 Å². The molecule has 2 heterocycles. The molecule has 210 valence electrons. The van der Waals surface area contributed by atoms with Crippen LogP contribution in [0.5, 0.6) is 0 Å². The van der Waals surface area contributed by atoms with Crippen LogP contribution in [0.25, 0.3) is 5.57 Å². The fourth-order valence-corrected chi connectivity index (χ4v) is 6.80. The lowest BCUT2D eigenvalue weighted by molar-refractivity contribution is 0.00578. The Morgan fingerprint density at radius 2 is 1.25 bits per heavy atom. The standard InChI is InChI=1S/C34H44B2O4/c1-21-16-22(2)18-23(17-21)34(11)28-19-24(35-37-30(3,4)31(5,6)38-35)12-14-26(28)27-15-13-25(20-29(27)34)36-39-32(7,8)33(9,10)40-36/h12-19,25H,20H2,1-11H3. The summed E-state index contributed by atoms with van der Waals surface area (Å²) in [7, 11) is -0.674. The molecule has 2 saturated heterocycles. The summed E-state index contributed by atoms with van der Waals surface area (Å²) in [6, 6.07) is 13.8. The molecule has 4 nitrogen and oxygen atoms in total. The SMILES string of the molecule is Cc1cc(C)cc(C2(C)C3=C(C=CC(B4OC(C)(C)C(C)(C)O4)C3)c3ccc(B4OC(C)(C)C(C)(C)O4)cc32)c1. The molecule has 2 aliphatic carbocycles. The van der Waals surface area contributed by atoms with Gasteiger partial charge in [0.2, 0.25) is 0 Å². The number of aryl methyl sites for hydroxylation is 2. The smallest absolute Gasteiger partial charge is 0.403 e. The molecule has 0 aromatic heterocycles. The van der Waals surface area contributed by atoms with Gasteiger partial charge in [-0.1, -0.05) is 59.7 Å². The zero-order chi connectivity index (χ0) is 29.0. The minimum absolute atomic E-state index is 0.141. The average Bonchev–Trinajstić information content (AvgIpc) is 3.33. The average molecular weight is 538 g/mol. The van der Waals surface area contributed by atoms with Gasteiger partial charge in [-0.3, -0.25) is 0 Å². The highest BCUT2D eigenvalue weighted by atomic mass is 16.7. The summed E-state index contributed by atoms with van der Waals surface area (Å²) in [5.41, 5.74) is 8.54. The second kappa shape index (κ2) is 8.70. The van der Waals surface area contributed by atoms with Gasteiger partial charge < -0.3 is 18.6 Å². The van der Waals surface area contributed by atoms with Crippen LogP contribution in [0.1, 0.15) is 96.6 Å². The van der Waals surface area contributed by atoms with E-state index < -0.39 is 7.12 Å². The van der Waals surface area contributed by atoms with Crippen LogP contribution in [-0.4, -0.2) is 36.6 Å². The molecule has 6 heteroatoms. The second-order valence-corrected chi connectivity index (χ2v) is 14.6. The Kier molecular flexibility index (Phi) is 6.10. The summed E-state index contributed by atoms with van der Waals surface area (Å²) < 4.78 is 26.0. The molecule has 0 spiro atoms. The Hall–Kier alpha value is -2.11. The van der Waals surface area contributed by atoms with Crippen molar-refractivity contribution in [3.63, 3.8) is 0 Å². The van der Waals surface area contributed by atoms with E-state index in [1.54, 1.807) is 0 Å². The van der Waals surface area contributed by atoms with Gasteiger partial charge in [-0.2, -0.15) is 0 Å². The first-order valence-corrected chi connectivity index (χ1v) is 14.8. The van der Waals surface area contributed by atoms with Crippen molar-refractivity contribution in [1.82, 2.24) is 0 Å². The van der Waals surface area contributed by atoms with Gasteiger partial charge >= 0.3 is 14.2 Å². The van der Waals surface area contributed by atoms with E-state index in [0.717, 1.165) is 11.9 Å². The van der Waals surface area contributed by atoms with Crippen molar-refractivity contribution >= 4 is 25.3 Å². The van der Waals surface area contributed by atoms with Crippen LogP contribution in [0, 0.1) is 13.8 Å². The molecular formula is C34H44B2O4. The highest BCUT2D eigenvalue weighted by Crippen LogP contribution is 2.56. The Bertz CT molecular complexity index is 1400. The van der Waals surface area contributed by atoms with Gasteiger partial charge in [0.05, 0.1) is 22.4 Å². The highest BCUT2D eigenvalue weighted by molar-refractivity contribution is 6.62. The van der Waals surface area contributed by atoms with Gasteiger partial charge in [0.15, 0.2) is 0 Å². The fraction of sp³-hybridized carbons (Fsp3) is 0.529. The van der Waals surface area contributed by atoms with Crippen LogP contribution in [0.2, 0.25) is 5.82 Å². The van der Waals surface area contributed by atoms with Crippen LogP contribution in [0.3, 0.4) is 0 Å². The molecule has 2 unspecified atom stereocenters. The van der Waals surface area contributed by atoms with E-state index in [9.17, 15) is 0 Å². The molecular weight excluding hydrogens is 494 g/mol. The third kappa shape index (κ3) is 4.05. The summed E-state index contributed by atoms with van der Waals surface area (Å²) in [6.07, 6.45) is 5.50. The van der Waals surface area contributed by atoms with E-state index >= 15 is 0 Å². The lowest BCUT2D eigenvalue weighted by Crippen LogP contribution is -2.41. The first kappa shape index (κ1) is 28.0. The molecule has 2 aromatic carbocycles. The number of allylic oxidation sites excluding steroid dienone is 4. The zero-order valence-corrected chi connectivity index (χ0v) is 26.2. The van der Waals surface area contributed by atoms with Crippen LogP contribution in [-0.2, 0) is 24.0 Å².